The Morgan fingerprint density at radius 1 is 0.300 bits per heavy atom. The summed E-state index contributed by atoms with van der Waals surface area (Å²) >= 11 is 0. The monoisotopic (exact) mass is 634 g/mol. The van der Waals surface area contributed by atoms with E-state index in [0.717, 1.165) is 0 Å². The van der Waals surface area contributed by atoms with Crippen molar-refractivity contribution in [2.75, 3.05) is 0 Å². The summed E-state index contributed by atoms with van der Waals surface area (Å²) in [5, 5.41) is 12.5. The molecular formula is C48H30N2. The van der Waals surface area contributed by atoms with Gasteiger partial charge in [0.15, 0.2) is 0 Å². The molecule has 232 valence electrons. The number of aromatic nitrogens is 2. The van der Waals surface area contributed by atoms with Gasteiger partial charge in [0.1, 0.15) is 0 Å². The molecular weight excluding hydrogens is 605 g/mol. The molecule has 11 aromatic rings. The maximum absolute atomic E-state index is 2.51. The van der Waals surface area contributed by atoms with E-state index in [0.29, 0.717) is 0 Å². The predicted octanol–water partition coefficient (Wildman–Crippen LogP) is 13.0. The maximum Gasteiger partial charge on any atom is 0.0626 e. The fourth-order valence-electron chi connectivity index (χ4n) is 8.46. The summed E-state index contributed by atoms with van der Waals surface area (Å²) < 4.78 is 4.93. The van der Waals surface area contributed by atoms with Gasteiger partial charge in [0.05, 0.1) is 27.8 Å². The van der Waals surface area contributed by atoms with Gasteiger partial charge in [0.25, 0.3) is 0 Å². The molecule has 0 N–H and O–H groups in total. The minimum Gasteiger partial charge on any atom is -0.309 e. The maximum atomic E-state index is 2.51. The van der Waals surface area contributed by atoms with E-state index in [1.807, 2.05) is 0 Å². The average Bonchev–Trinajstić information content (AvgIpc) is 3.69. The first-order valence-electron chi connectivity index (χ1n) is 17.3. The Balaban J connectivity index is 1.27. The van der Waals surface area contributed by atoms with Gasteiger partial charge in [-0.05, 0) is 81.0 Å². The van der Waals surface area contributed by atoms with Crippen molar-refractivity contribution in [1.29, 1.82) is 0 Å². The van der Waals surface area contributed by atoms with Crippen molar-refractivity contribution in [2.24, 2.45) is 0 Å². The van der Waals surface area contributed by atoms with Crippen LogP contribution in [-0.2, 0) is 0 Å². The minimum absolute atomic E-state index is 1.17. The molecule has 0 atom stereocenters. The Hall–Kier alpha value is -6.64. The smallest absolute Gasteiger partial charge is 0.0626 e. The molecule has 0 fully saturated rings. The van der Waals surface area contributed by atoms with Gasteiger partial charge in [-0.15, -0.1) is 0 Å². The number of fused-ring (bicyclic) bond motifs is 9. The first-order chi connectivity index (χ1) is 24.8. The molecule has 0 aliphatic carbocycles. The van der Waals surface area contributed by atoms with E-state index in [2.05, 4.69) is 191 Å². The molecule has 2 aromatic heterocycles. The third-order valence-electron chi connectivity index (χ3n) is 10.6. The molecule has 50 heavy (non-hydrogen) atoms. The third-order valence-corrected chi connectivity index (χ3v) is 10.6. The van der Waals surface area contributed by atoms with Crippen LogP contribution in [0.25, 0.3) is 98.4 Å². The molecule has 2 heterocycles. The highest BCUT2D eigenvalue weighted by Gasteiger charge is 2.22. The van der Waals surface area contributed by atoms with Crippen LogP contribution in [0.5, 0.6) is 0 Å². The van der Waals surface area contributed by atoms with Crippen LogP contribution < -0.4 is 0 Å². The van der Waals surface area contributed by atoms with Crippen LogP contribution in [0.3, 0.4) is 0 Å². The van der Waals surface area contributed by atoms with Crippen molar-refractivity contribution < 1.29 is 0 Å². The topological polar surface area (TPSA) is 9.86 Å². The quantitative estimate of drug-likeness (QED) is 0.183. The van der Waals surface area contributed by atoms with Gasteiger partial charge in [0.2, 0.25) is 0 Å². The number of nitrogens with zero attached hydrogens (tertiary/aromatic N) is 2. The van der Waals surface area contributed by atoms with Gasteiger partial charge in [0, 0.05) is 38.2 Å². The van der Waals surface area contributed by atoms with E-state index in [4.69, 9.17) is 0 Å². The Morgan fingerprint density at radius 3 is 1.72 bits per heavy atom. The van der Waals surface area contributed by atoms with Crippen LogP contribution >= 0.6 is 0 Å². The first-order valence-corrected chi connectivity index (χ1v) is 17.3. The normalized spacial score (nSPS) is 12.0. The fourth-order valence-corrected chi connectivity index (χ4v) is 8.46. The Kier molecular flexibility index (Phi) is 5.70. The second kappa shape index (κ2) is 10.4. The van der Waals surface area contributed by atoms with Gasteiger partial charge in [-0.1, -0.05) is 133 Å². The lowest BCUT2D eigenvalue weighted by Gasteiger charge is -2.16. The second-order valence-electron chi connectivity index (χ2n) is 13.3. The molecule has 2 heteroatoms. The molecule has 0 aliphatic heterocycles. The molecule has 0 bridgehead atoms. The lowest BCUT2D eigenvalue weighted by atomic mass is 9.93. The number of benzene rings is 9. The van der Waals surface area contributed by atoms with Crippen molar-refractivity contribution >= 4 is 75.9 Å². The predicted molar refractivity (Wildman–Crippen MR) is 213 cm³/mol. The van der Waals surface area contributed by atoms with Crippen LogP contribution in [-0.4, -0.2) is 9.13 Å². The largest absolute Gasteiger partial charge is 0.309 e. The van der Waals surface area contributed by atoms with Gasteiger partial charge in [-0.3, -0.25) is 0 Å². The van der Waals surface area contributed by atoms with Crippen molar-refractivity contribution in [3.63, 3.8) is 0 Å². The summed E-state index contributed by atoms with van der Waals surface area (Å²) in [6.07, 6.45) is 0. The molecule has 0 radical (unpaired) electrons. The number of para-hydroxylation sites is 2. The molecule has 0 amide bonds. The highest BCUT2D eigenvalue weighted by molar-refractivity contribution is 6.22. The molecule has 2 nitrogen and oxygen atoms in total. The summed E-state index contributed by atoms with van der Waals surface area (Å²) in [6.45, 7) is 0. The summed E-state index contributed by atoms with van der Waals surface area (Å²) in [7, 11) is 0. The third kappa shape index (κ3) is 3.85. The Bertz CT molecular complexity index is 3150. The van der Waals surface area contributed by atoms with E-state index in [1.165, 1.54) is 98.4 Å². The summed E-state index contributed by atoms with van der Waals surface area (Å²) in [6, 6.07) is 66.9. The number of hydrogen-bond donors (Lipinski definition) is 0. The van der Waals surface area contributed by atoms with Crippen LogP contribution in [0, 0.1) is 0 Å². The molecule has 11 rings (SSSR count). The summed E-state index contributed by atoms with van der Waals surface area (Å²) in [5.41, 5.74) is 9.70. The summed E-state index contributed by atoms with van der Waals surface area (Å²) in [5.74, 6) is 0. The zero-order chi connectivity index (χ0) is 32.8. The van der Waals surface area contributed by atoms with Crippen molar-refractivity contribution in [1.82, 2.24) is 9.13 Å². The van der Waals surface area contributed by atoms with Gasteiger partial charge in [-0.25, -0.2) is 0 Å². The molecule has 0 unspecified atom stereocenters. The Labute approximate surface area is 288 Å². The van der Waals surface area contributed by atoms with E-state index < -0.39 is 0 Å². The SMILES string of the molecule is c1ccc2cc(-n3c4ccccc4c4cc(-c5c6ccccc6cc6c7ccccc7n(-c7cccc8ccccc78)c56)ccc43)ccc2c1. The van der Waals surface area contributed by atoms with Crippen molar-refractivity contribution in [2.45, 2.75) is 0 Å². The zero-order valence-corrected chi connectivity index (χ0v) is 27.2. The van der Waals surface area contributed by atoms with Crippen LogP contribution in [0.1, 0.15) is 0 Å². The molecule has 0 spiro atoms. The van der Waals surface area contributed by atoms with Crippen LogP contribution in [0.15, 0.2) is 182 Å². The van der Waals surface area contributed by atoms with Gasteiger partial charge in [-0.2, -0.15) is 0 Å². The number of hydrogen-bond acceptors (Lipinski definition) is 0. The van der Waals surface area contributed by atoms with E-state index in [-0.39, 0.29) is 0 Å². The van der Waals surface area contributed by atoms with Gasteiger partial charge < -0.3 is 9.13 Å². The fraction of sp³-hybridized carbons (Fsp3) is 0. The second-order valence-corrected chi connectivity index (χ2v) is 13.3. The molecule has 0 saturated carbocycles. The first kappa shape index (κ1) is 27.3. The molecule has 9 aromatic carbocycles. The lowest BCUT2D eigenvalue weighted by Crippen LogP contribution is -1.97. The minimum atomic E-state index is 1.17. The highest BCUT2D eigenvalue weighted by Crippen LogP contribution is 2.45. The standard InChI is InChI=1S/C48H30N2/c1-2-14-33-28-36(26-24-31(33)12-1)49-44-21-9-7-19-39(44)41-30-35(25-27-46(41)49)47-38-18-6-4-15-34(38)29-42-40-20-8-10-22-45(40)50(48(42)47)43-23-11-16-32-13-3-5-17-37(32)43/h1-30H. The Morgan fingerprint density at radius 2 is 0.900 bits per heavy atom. The van der Waals surface area contributed by atoms with Gasteiger partial charge >= 0.3 is 0 Å². The van der Waals surface area contributed by atoms with Crippen LogP contribution in [0.4, 0.5) is 0 Å². The van der Waals surface area contributed by atoms with Crippen molar-refractivity contribution in [3.05, 3.63) is 182 Å². The number of rotatable bonds is 3. The average molecular weight is 635 g/mol. The summed E-state index contributed by atoms with van der Waals surface area (Å²) in [4.78, 5) is 0. The molecule has 0 aliphatic rings. The molecule has 0 saturated heterocycles. The zero-order valence-electron chi connectivity index (χ0n) is 27.2. The highest BCUT2D eigenvalue weighted by atomic mass is 15.0. The van der Waals surface area contributed by atoms with E-state index in [9.17, 15) is 0 Å². The van der Waals surface area contributed by atoms with Crippen LogP contribution in [0.2, 0.25) is 0 Å². The van der Waals surface area contributed by atoms with E-state index >= 15 is 0 Å². The lowest BCUT2D eigenvalue weighted by molar-refractivity contribution is 1.19. The van der Waals surface area contributed by atoms with Crippen molar-refractivity contribution in [3.8, 4) is 22.5 Å². The van der Waals surface area contributed by atoms with E-state index in [1.54, 1.807) is 0 Å².